The highest BCUT2D eigenvalue weighted by Gasteiger charge is 2.30. The average molecular weight is 576 g/mol. The monoisotopic (exact) mass is 575 g/mol. The third-order valence-corrected chi connectivity index (χ3v) is 7.30. The number of piperazine rings is 1. The molecule has 0 aromatic carbocycles. The second kappa shape index (κ2) is 10.2. The molecule has 0 spiro atoms. The van der Waals surface area contributed by atoms with E-state index in [-0.39, 0.29) is 48.2 Å². The molecule has 6 rings (SSSR count). The van der Waals surface area contributed by atoms with Gasteiger partial charge in [-0.2, -0.15) is 14.6 Å². The third-order valence-electron chi connectivity index (χ3n) is 7.30. The van der Waals surface area contributed by atoms with Crippen molar-refractivity contribution >= 4 is 28.8 Å². The summed E-state index contributed by atoms with van der Waals surface area (Å²) in [5.41, 5.74) is 6.85. The number of hydrogen-bond donors (Lipinski definition) is 2. The summed E-state index contributed by atoms with van der Waals surface area (Å²) in [7, 11) is 0. The van der Waals surface area contributed by atoms with Crippen molar-refractivity contribution in [3.63, 3.8) is 0 Å². The van der Waals surface area contributed by atoms with Gasteiger partial charge >= 0.3 is 0 Å². The molecule has 0 radical (unpaired) electrons. The number of nitrogens with zero attached hydrogens (tertiary/aromatic N) is 10. The lowest BCUT2D eigenvalue weighted by Gasteiger charge is -2.36. The van der Waals surface area contributed by atoms with Crippen molar-refractivity contribution in [2.45, 2.75) is 26.8 Å². The quantitative estimate of drug-likeness (QED) is 0.283. The number of amides is 2. The zero-order chi connectivity index (χ0) is 29.7. The van der Waals surface area contributed by atoms with Crippen LogP contribution in [0.4, 0.5) is 10.1 Å². The number of nitrogens with two attached hydrogens (primary N) is 1. The van der Waals surface area contributed by atoms with Gasteiger partial charge in [0.15, 0.2) is 23.1 Å². The summed E-state index contributed by atoms with van der Waals surface area (Å²) in [6.45, 7) is 4.25. The van der Waals surface area contributed by atoms with Crippen LogP contribution in [0.1, 0.15) is 28.8 Å². The molecule has 3 N–H and O–H groups in total. The number of anilines is 1. The summed E-state index contributed by atoms with van der Waals surface area (Å²) in [5.74, 6) is -1.59. The van der Waals surface area contributed by atoms with Crippen molar-refractivity contribution in [2.75, 3.05) is 31.1 Å². The predicted octanol–water partition coefficient (Wildman–Crippen LogP) is 0.159. The highest BCUT2D eigenvalue weighted by Crippen LogP contribution is 2.25. The molecule has 0 unspecified atom stereocenters. The number of aromatic nitrogens is 8. The minimum Gasteiger partial charge on any atom is -0.504 e. The first-order valence-electron chi connectivity index (χ1n) is 13.2. The van der Waals surface area contributed by atoms with Crippen LogP contribution in [0.5, 0.6) is 5.75 Å². The second-order valence-electron chi connectivity index (χ2n) is 9.83. The van der Waals surface area contributed by atoms with Crippen LogP contribution in [0.15, 0.2) is 35.6 Å². The molecule has 0 aliphatic carbocycles. The lowest BCUT2D eigenvalue weighted by atomic mass is 10.2. The molecule has 0 bridgehead atoms. The van der Waals surface area contributed by atoms with Crippen molar-refractivity contribution < 1.29 is 19.1 Å². The third kappa shape index (κ3) is 4.36. The molecule has 16 heteroatoms. The van der Waals surface area contributed by atoms with Crippen LogP contribution >= 0.6 is 0 Å². The molecule has 0 saturated carbocycles. The molecular formula is C26H26FN11O4. The van der Waals surface area contributed by atoms with Crippen LogP contribution in [0, 0.1) is 12.7 Å². The van der Waals surface area contributed by atoms with Crippen LogP contribution in [0.25, 0.3) is 22.7 Å². The van der Waals surface area contributed by atoms with Crippen LogP contribution in [0.2, 0.25) is 0 Å². The van der Waals surface area contributed by atoms with Gasteiger partial charge in [-0.15, -0.1) is 5.10 Å². The van der Waals surface area contributed by atoms with Crippen molar-refractivity contribution in [1.29, 1.82) is 0 Å². The van der Waals surface area contributed by atoms with E-state index in [2.05, 4.69) is 25.1 Å². The fourth-order valence-corrected chi connectivity index (χ4v) is 5.20. The SMILES string of the molecule is CCc1c(N2CCN(C(=O)c3ncnc(C)c3O)CC2)c(=O)n2nc(-c3ccn4ncc(F)c4c3)nc2n1CC(N)=O. The fraction of sp³-hybridized carbons (Fsp3) is 0.308. The number of fused-ring (bicyclic) bond motifs is 2. The number of halogens is 1. The first-order chi connectivity index (χ1) is 20.2. The van der Waals surface area contributed by atoms with E-state index in [9.17, 15) is 23.9 Å². The second-order valence-corrected chi connectivity index (χ2v) is 9.83. The standard InChI is InChI=1S/C26H26FN11O4/c1-3-17-21(34-6-8-35(9-7-34)24(41)20-22(40)14(2)29-13-30-20)25(42)38-26(36(17)12-19(28)39)32-23(33-38)15-4-5-37-18(10-15)16(27)11-31-37/h4-5,10-11,13,40H,3,6-9,12H2,1-2H3,(H2,28,39). The Labute approximate surface area is 236 Å². The lowest BCUT2D eigenvalue weighted by Crippen LogP contribution is -2.51. The summed E-state index contributed by atoms with van der Waals surface area (Å²) in [5, 5.41) is 18.6. The van der Waals surface area contributed by atoms with E-state index in [1.54, 1.807) is 28.7 Å². The average Bonchev–Trinajstić information content (AvgIpc) is 3.59. The summed E-state index contributed by atoms with van der Waals surface area (Å²) in [6.07, 6.45) is 4.24. The molecule has 0 atom stereocenters. The summed E-state index contributed by atoms with van der Waals surface area (Å²) >= 11 is 0. The van der Waals surface area contributed by atoms with Gasteiger partial charge in [0.1, 0.15) is 24.1 Å². The number of aromatic hydroxyl groups is 1. The summed E-state index contributed by atoms with van der Waals surface area (Å²) in [6, 6.07) is 3.17. The minimum absolute atomic E-state index is 0.0837. The Morgan fingerprint density at radius 1 is 1.17 bits per heavy atom. The molecule has 15 nitrogen and oxygen atoms in total. The van der Waals surface area contributed by atoms with Gasteiger partial charge in [-0.1, -0.05) is 6.92 Å². The number of aryl methyl sites for hydroxylation is 1. The molecule has 1 saturated heterocycles. The van der Waals surface area contributed by atoms with Gasteiger partial charge in [0.25, 0.3) is 11.5 Å². The van der Waals surface area contributed by atoms with Gasteiger partial charge in [0.05, 0.1) is 17.6 Å². The van der Waals surface area contributed by atoms with Crippen LogP contribution in [-0.4, -0.2) is 86.7 Å². The predicted molar refractivity (Wildman–Crippen MR) is 147 cm³/mol. The van der Waals surface area contributed by atoms with Crippen LogP contribution in [0.3, 0.4) is 0 Å². The van der Waals surface area contributed by atoms with Gasteiger partial charge in [0.2, 0.25) is 11.7 Å². The molecule has 42 heavy (non-hydrogen) atoms. The highest BCUT2D eigenvalue weighted by atomic mass is 19.1. The highest BCUT2D eigenvalue weighted by molar-refractivity contribution is 5.95. The molecule has 216 valence electrons. The molecule has 1 aliphatic heterocycles. The smallest absolute Gasteiger partial charge is 0.299 e. The molecule has 1 aliphatic rings. The first-order valence-corrected chi connectivity index (χ1v) is 13.2. The molecular weight excluding hydrogens is 549 g/mol. The Hall–Kier alpha value is -5.41. The largest absolute Gasteiger partial charge is 0.504 e. The van der Waals surface area contributed by atoms with E-state index in [0.717, 1.165) is 10.7 Å². The zero-order valence-corrected chi connectivity index (χ0v) is 22.7. The maximum atomic E-state index is 14.2. The molecule has 2 amide bonds. The van der Waals surface area contributed by atoms with Crippen molar-refractivity contribution in [3.05, 3.63) is 64.1 Å². The van der Waals surface area contributed by atoms with Crippen LogP contribution < -0.4 is 16.2 Å². The van der Waals surface area contributed by atoms with E-state index in [1.165, 1.54) is 16.9 Å². The number of carbonyl (C=O) groups is 2. The topological polar surface area (TPSA) is 182 Å². The zero-order valence-electron chi connectivity index (χ0n) is 22.7. The maximum absolute atomic E-state index is 14.2. The molecule has 5 aromatic heterocycles. The van der Waals surface area contributed by atoms with Gasteiger partial charge in [-0.3, -0.25) is 14.4 Å². The van der Waals surface area contributed by atoms with Crippen molar-refractivity contribution in [1.82, 2.24) is 43.6 Å². The van der Waals surface area contributed by atoms with Gasteiger partial charge in [-0.25, -0.2) is 18.9 Å². The summed E-state index contributed by atoms with van der Waals surface area (Å²) < 4.78 is 18.2. The number of hydrogen-bond acceptors (Lipinski definition) is 10. The van der Waals surface area contributed by atoms with Crippen LogP contribution in [-0.2, 0) is 17.8 Å². The van der Waals surface area contributed by atoms with Crippen molar-refractivity contribution in [2.24, 2.45) is 5.73 Å². The molecule has 6 heterocycles. The van der Waals surface area contributed by atoms with E-state index in [4.69, 9.17) is 5.73 Å². The van der Waals surface area contributed by atoms with Gasteiger partial charge in [-0.05, 0) is 25.5 Å². The number of primary amides is 1. The molecule has 5 aromatic rings. The number of rotatable bonds is 6. The Balaban J connectivity index is 1.39. The Kier molecular flexibility index (Phi) is 6.51. The normalized spacial score (nSPS) is 13.8. The molecule has 1 fully saturated rings. The minimum atomic E-state index is -0.635. The Morgan fingerprint density at radius 2 is 1.93 bits per heavy atom. The van der Waals surface area contributed by atoms with E-state index in [1.807, 2.05) is 11.8 Å². The van der Waals surface area contributed by atoms with E-state index < -0.39 is 23.2 Å². The Bertz CT molecular complexity index is 1940. The lowest BCUT2D eigenvalue weighted by molar-refractivity contribution is -0.118. The van der Waals surface area contributed by atoms with Crippen molar-refractivity contribution in [3.8, 4) is 17.1 Å². The number of carbonyl (C=O) groups excluding carboxylic acids is 2. The van der Waals surface area contributed by atoms with E-state index >= 15 is 0 Å². The number of pyridine rings is 1. The van der Waals surface area contributed by atoms with Gasteiger partial charge < -0.3 is 25.2 Å². The first kappa shape index (κ1) is 26.8. The van der Waals surface area contributed by atoms with Gasteiger partial charge in [0, 0.05) is 37.9 Å². The summed E-state index contributed by atoms with van der Waals surface area (Å²) in [4.78, 5) is 54.9. The fourth-order valence-electron chi connectivity index (χ4n) is 5.20. The maximum Gasteiger partial charge on any atom is 0.299 e. The van der Waals surface area contributed by atoms with E-state index in [0.29, 0.717) is 42.1 Å². The Morgan fingerprint density at radius 3 is 2.64 bits per heavy atom.